The van der Waals surface area contributed by atoms with Gasteiger partial charge in [0.15, 0.2) is 11.6 Å². The van der Waals surface area contributed by atoms with E-state index < -0.39 is 4.92 Å². The van der Waals surface area contributed by atoms with Gasteiger partial charge in [0.1, 0.15) is 4.92 Å². The van der Waals surface area contributed by atoms with Crippen LogP contribution in [0.3, 0.4) is 0 Å². The number of furan rings is 1. The molecule has 3 aromatic rings. The van der Waals surface area contributed by atoms with E-state index in [-0.39, 0.29) is 11.6 Å². The van der Waals surface area contributed by atoms with Gasteiger partial charge in [-0.2, -0.15) is 0 Å². The highest BCUT2D eigenvalue weighted by molar-refractivity contribution is 5.78. The molecule has 0 atom stereocenters. The Bertz CT molecular complexity index is 736. The maximum Gasteiger partial charge on any atom is 0.433 e. The number of nitro groups is 1. The van der Waals surface area contributed by atoms with E-state index in [4.69, 9.17) is 4.42 Å². The van der Waals surface area contributed by atoms with Crippen molar-refractivity contribution in [1.82, 2.24) is 9.97 Å². The summed E-state index contributed by atoms with van der Waals surface area (Å²) in [5, 5.41) is 11.4. The average molecular weight is 241 g/mol. The Morgan fingerprint density at radius 2 is 2.00 bits per heavy atom. The smallest absolute Gasteiger partial charge is 0.397 e. The topological polar surface area (TPSA) is 82.1 Å². The minimum absolute atomic E-state index is 0.285. The molecule has 0 N–H and O–H groups in total. The maximum atomic E-state index is 10.5. The highest BCUT2D eigenvalue weighted by Crippen LogP contribution is 2.24. The number of benzene rings is 1. The third-order valence-electron chi connectivity index (χ3n) is 2.48. The van der Waals surface area contributed by atoms with E-state index in [9.17, 15) is 10.1 Å². The van der Waals surface area contributed by atoms with Crippen LogP contribution in [0.25, 0.3) is 22.5 Å². The van der Waals surface area contributed by atoms with Crippen LogP contribution in [0.2, 0.25) is 0 Å². The van der Waals surface area contributed by atoms with Gasteiger partial charge in [-0.05, 0) is 12.1 Å². The van der Waals surface area contributed by atoms with Crippen molar-refractivity contribution in [3.63, 3.8) is 0 Å². The van der Waals surface area contributed by atoms with Crippen molar-refractivity contribution in [2.45, 2.75) is 0 Å². The first-order valence-corrected chi connectivity index (χ1v) is 5.20. The fraction of sp³-hybridized carbons (Fsp3) is 0. The van der Waals surface area contributed by atoms with E-state index in [0.29, 0.717) is 5.82 Å². The van der Waals surface area contributed by atoms with Gasteiger partial charge >= 0.3 is 5.88 Å². The first-order valence-electron chi connectivity index (χ1n) is 5.20. The van der Waals surface area contributed by atoms with Gasteiger partial charge in [-0.3, -0.25) is 10.1 Å². The fourth-order valence-electron chi connectivity index (χ4n) is 1.64. The predicted molar refractivity (Wildman–Crippen MR) is 63.9 cm³/mol. The molecule has 88 valence electrons. The summed E-state index contributed by atoms with van der Waals surface area (Å²) < 4.78 is 5.06. The lowest BCUT2D eigenvalue weighted by Gasteiger charge is -1.98. The fourth-order valence-corrected chi connectivity index (χ4v) is 1.64. The first kappa shape index (κ1) is 10.4. The lowest BCUT2D eigenvalue weighted by molar-refractivity contribution is -0.401. The quantitative estimate of drug-likeness (QED) is 0.509. The van der Waals surface area contributed by atoms with E-state index >= 15 is 0 Å². The van der Waals surface area contributed by atoms with Crippen LogP contribution in [0.5, 0.6) is 0 Å². The van der Waals surface area contributed by atoms with Gasteiger partial charge in [0, 0.05) is 11.6 Å². The molecule has 0 spiro atoms. The van der Waals surface area contributed by atoms with E-state index in [2.05, 4.69) is 9.97 Å². The summed E-state index contributed by atoms with van der Waals surface area (Å²) in [6.07, 6.45) is 1.66. The van der Waals surface area contributed by atoms with E-state index in [0.717, 1.165) is 10.9 Å². The van der Waals surface area contributed by atoms with E-state index in [1.54, 1.807) is 6.20 Å². The number of nitrogens with zero attached hydrogens (tertiary/aromatic N) is 3. The first-order chi connectivity index (χ1) is 8.74. The van der Waals surface area contributed by atoms with Crippen molar-refractivity contribution in [1.29, 1.82) is 0 Å². The van der Waals surface area contributed by atoms with Crippen molar-refractivity contribution in [2.75, 3.05) is 0 Å². The maximum absolute atomic E-state index is 10.5. The summed E-state index contributed by atoms with van der Waals surface area (Å²) in [4.78, 5) is 18.3. The molecule has 0 unspecified atom stereocenters. The molecule has 0 aliphatic rings. The lowest BCUT2D eigenvalue weighted by atomic mass is 10.2. The summed E-state index contributed by atoms with van der Waals surface area (Å²) >= 11 is 0. The summed E-state index contributed by atoms with van der Waals surface area (Å²) in [5.74, 6) is 0.302. The van der Waals surface area contributed by atoms with Crippen molar-refractivity contribution in [3.8, 4) is 11.6 Å². The molecule has 18 heavy (non-hydrogen) atoms. The molecule has 0 saturated carbocycles. The molecular weight excluding hydrogens is 234 g/mol. The molecule has 0 amide bonds. The molecule has 0 bridgehead atoms. The van der Waals surface area contributed by atoms with Crippen LogP contribution in [0, 0.1) is 10.1 Å². The highest BCUT2D eigenvalue weighted by atomic mass is 16.6. The van der Waals surface area contributed by atoms with Gasteiger partial charge in [-0.15, -0.1) is 0 Å². The SMILES string of the molecule is O=[N+]([O-])c1ccc(-c2ncc3ccccc3n2)o1. The zero-order chi connectivity index (χ0) is 12.5. The average Bonchev–Trinajstić information content (AvgIpc) is 2.88. The van der Waals surface area contributed by atoms with Crippen molar-refractivity contribution in [3.05, 3.63) is 52.7 Å². The molecule has 2 aromatic heterocycles. The van der Waals surface area contributed by atoms with E-state index in [1.165, 1.54) is 12.1 Å². The van der Waals surface area contributed by atoms with Crippen molar-refractivity contribution in [2.24, 2.45) is 0 Å². The molecule has 6 heteroatoms. The molecule has 2 heterocycles. The van der Waals surface area contributed by atoms with Crippen LogP contribution in [0.4, 0.5) is 5.88 Å². The zero-order valence-electron chi connectivity index (χ0n) is 9.11. The van der Waals surface area contributed by atoms with Gasteiger partial charge in [0.05, 0.1) is 11.6 Å². The second-order valence-corrected chi connectivity index (χ2v) is 3.65. The van der Waals surface area contributed by atoms with Crippen LogP contribution >= 0.6 is 0 Å². The molecule has 6 nitrogen and oxygen atoms in total. The van der Waals surface area contributed by atoms with Crippen LogP contribution in [-0.2, 0) is 0 Å². The minimum atomic E-state index is -0.593. The second-order valence-electron chi connectivity index (χ2n) is 3.65. The molecule has 0 saturated heterocycles. The Hall–Kier alpha value is -2.76. The molecule has 0 aliphatic carbocycles. The number of hydrogen-bond acceptors (Lipinski definition) is 5. The summed E-state index contributed by atoms with van der Waals surface area (Å²) in [6, 6.07) is 10.3. The van der Waals surface area contributed by atoms with Crippen LogP contribution in [0.15, 0.2) is 47.0 Å². The third-order valence-corrected chi connectivity index (χ3v) is 2.48. The molecule has 0 radical (unpaired) electrons. The van der Waals surface area contributed by atoms with Gasteiger partial charge in [0.2, 0.25) is 0 Å². The number of para-hydroxylation sites is 1. The molecule has 0 aliphatic heterocycles. The Morgan fingerprint density at radius 1 is 1.17 bits per heavy atom. The monoisotopic (exact) mass is 241 g/mol. The number of fused-ring (bicyclic) bond motifs is 1. The van der Waals surface area contributed by atoms with Crippen LogP contribution in [-0.4, -0.2) is 14.9 Å². The summed E-state index contributed by atoms with van der Waals surface area (Å²) in [5.41, 5.74) is 0.765. The Labute approximate surface area is 101 Å². The Morgan fingerprint density at radius 3 is 2.78 bits per heavy atom. The number of hydrogen-bond donors (Lipinski definition) is 0. The van der Waals surface area contributed by atoms with Crippen molar-refractivity contribution < 1.29 is 9.34 Å². The molecule has 0 fully saturated rings. The summed E-state index contributed by atoms with van der Waals surface area (Å²) in [7, 11) is 0. The standard InChI is InChI=1S/C12H7N3O3/c16-15(17)11-6-5-10(18-11)12-13-7-8-3-1-2-4-9(8)14-12/h1-7H. The minimum Gasteiger partial charge on any atom is -0.397 e. The number of aromatic nitrogens is 2. The largest absolute Gasteiger partial charge is 0.433 e. The third kappa shape index (κ3) is 1.69. The second kappa shape index (κ2) is 3.92. The number of rotatable bonds is 2. The highest BCUT2D eigenvalue weighted by Gasteiger charge is 2.14. The van der Waals surface area contributed by atoms with E-state index in [1.807, 2.05) is 24.3 Å². The molecule has 1 aromatic carbocycles. The lowest BCUT2D eigenvalue weighted by Crippen LogP contribution is -1.88. The van der Waals surface area contributed by atoms with Crippen LogP contribution in [0.1, 0.15) is 0 Å². The van der Waals surface area contributed by atoms with Gasteiger partial charge in [0.25, 0.3) is 0 Å². The van der Waals surface area contributed by atoms with Crippen molar-refractivity contribution >= 4 is 16.8 Å². The van der Waals surface area contributed by atoms with Crippen LogP contribution < -0.4 is 0 Å². The Kier molecular flexibility index (Phi) is 2.26. The van der Waals surface area contributed by atoms with Gasteiger partial charge < -0.3 is 4.42 Å². The van der Waals surface area contributed by atoms with Gasteiger partial charge in [-0.25, -0.2) is 9.97 Å². The Balaban J connectivity index is 2.10. The summed E-state index contributed by atoms with van der Waals surface area (Å²) in [6.45, 7) is 0. The normalized spacial score (nSPS) is 10.7. The van der Waals surface area contributed by atoms with Gasteiger partial charge in [-0.1, -0.05) is 18.2 Å². The molecular formula is C12H7N3O3. The zero-order valence-corrected chi connectivity index (χ0v) is 9.11. The molecule has 3 rings (SSSR count). The predicted octanol–water partition coefficient (Wildman–Crippen LogP) is 2.80.